The molecule has 4 heteroatoms. The van der Waals surface area contributed by atoms with Crippen molar-refractivity contribution in [3.8, 4) is 5.75 Å². The summed E-state index contributed by atoms with van der Waals surface area (Å²) in [7, 11) is 0. The molecule has 1 saturated heterocycles. The highest BCUT2D eigenvalue weighted by molar-refractivity contribution is 5.80. The first-order valence-electron chi connectivity index (χ1n) is 6.37. The molecule has 1 fully saturated rings. The number of rotatable bonds is 5. The van der Waals surface area contributed by atoms with Crippen LogP contribution in [0.15, 0.2) is 30.3 Å². The molecule has 0 bridgehead atoms. The fourth-order valence-corrected chi connectivity index (χ4v) is 1.92. The van der Waals surface area contributed by atoms with E-state index in [0.717, 1.165) is 19.4 Å². The Kier molecular flexibility index (Phi) is 4.59. The Bertz CT molecular complexity index is 374. The molecular formula is C14H19NO3. The number of amides is 1. The number of hydrogen-bond donors (Lipinski definition) is 1. The molecule has 1 heterocycles. The molecule has 0 aromatic heterocycles. The van der Waals surface area contributed by atoms with Crippen LogP contribution >= 0.6 is 0 Å². The van der Waals surface area contributed by atoms with Crippen molar-refractivity contribution in [2.24, 2.45) is 0 Å². The lowest BCUT2D eigenvalue weighted by molar-refractivity contribution is -0.127. The zero-order valence-corrected chi connectivity index (χ0v) is 10.6. The third-order valence-corrected chi connectivity index (χ3v) is 2.95. The molecule has 1 aliphatic rings. The van der Waals surface area contributed by atoms with Gasteiger partial charge in [0.15, 0.2) is 6.10 Å². The van der Waals surface area contributed by atoms with E-state index in [1.165, 1.54) is 0 Å². The van der Waals surface area contributed by atoms with E-state index in [0.29, 0.717) is 12.3 Å². The van der Waals surface area contributed by atoms with Crippen LogP contribution < -0.4 is 10.1 Å². The summed E-state index contributed by atoms with van der Waals surface area (Å²) in [5, 5.41) is 2.86. The maximum absolute atomic E-state index is 11.8. The first kappa shape index (κ1) is 12.9. The van der Waals surface area contributed by atoms with Gasteiger partial charge in [0, 0.05) is 13.2 Å². The molecule has 1 N–H and O–H groups in total. The smallest absolute Gasteiger partial charge is 0.260 e. The molecule has 1 aliphatic heterocycles. The quantitative estimate of drug-likeness (QED) is 0.864. The highest BCUT2D eigenvalue weighted by Gasteiger charge is 2.19. The number of nitrogens with one attached hydrogen (secondary N) is 1. The lowest BCUT2D eigenvalue weighted by atomic mass is 10.2. The van der Waals surface area contributed by atoms with Crippen molar-refractivity contribution in [2.75, 3.05) is 13.2 Å². The van der Waals surface area contributed by atoms with Gasteiger partial charge in [0.05, 0.1) is 6.10 Å². The number of hydrogen-bond acceptors (Lipinski definition) is 3. The van der Waals surface area contributed by atoms with Crippen molar-refractivity contribution in [1.29, 1.82) is 0 Å². The zero-order valence-electron chi connectivity index (χ0n) is 10.6. The molecule has 0 radical (unpaired) electrons. The summed E-state index contributed by atoms with van der Waals surface area (Å²) >= 11 is 0. The summed E-state index contributed by atoms with van der Waals surface area (Å²) in [6.45, 7) is 3.12. The summed E-state index contributed by atoms with van der Waals surface area (Å²) < 4.78 is 11.0. The van der Waals surface area contributed by atoms with E-state index < -0.39 is 6.10 Å². The summed E-state index contributed by atoms with van der Waals surface area (Å²) in [4.78, 5) is 11.8. The highest BCUT2D eigenvalue weighted by Crippen LogP contribution is 2.12. The van der Waals surface area contributed by atoms with Crippen LogP contribution in [0.4, 0.5) is 0 Å². The average Bonchev–Trinajstić information content (AvgIpc) is 2.90. The van der Waals surface area contributed by atoms with Crippen molar-refractivity contribution < 1.29 is 14.3 Å². The van der Waals surface area contributed by atoms with Crippen LogP contribution in [-0.4, -0.2) is 31.3 Å². The van der Waals surface area contributed by atoms with Crippen LogP contribution in [0.5, 0.6) is 5.75 Å². The van der Waals surface area contributed by atoms with Gasteiger partial charge in [-0.25, -0.2) is 0 Å². The lowest BCUT2D eigenvalue weighted by Crippen LogP contribution is -2.40. The Morgan fingerprint density at radius 1 is 1.50 bits per heavy atom. The van der Waals surface area contributed by atoms with Crippen molar-refractivity contribution in [3.63, 3.8) is 0 Å². The average molecular weight is 249 g/mol. The van der Waals surface area contributed by atoms with Gasteiger partial charge in [0.2, 0.25) is 0 Å². The predicted octanol–water partition coefficient (Wildman–Crippen LogP) is 1.75. The normalized spacial score (nSPS) is 20.4. The first-order valence-corrected chi connectivity index (χ1v) is 6.37. The van der Waals surface area contributed by atoms with E-state index in [2.05, 4.69) is 5.32 Å². The molecule has 18 heavy (non-hydrogen) atoms. The van der Waals surface area contributed by atoms with Crippen LogP contribution in [0.3, 0.4) is 0 Å². The van der Waals surface area contributed by atoms with Gasteiger partial charge < -0.3 is 14.8 Å². The first-order chi connectivity index (χ1) is 8.75. The van der Waals surface area contributed by atoms with Gasteiger partial charge in [-0.2, -0.15) is 0 Å². The Morgan fingerprint density at radius 2 is 2.28 bits per heavy atom. The number of carbonyl (C=O) groups excluding carboxylic acids is 1. The summed E-state index contributed by atoms with van der Waals surface area (Å²) in [6.07, 6.45) is 1.77. The van der Waals surface area contributed by atoms with Gasteiger partial charge in [-0.05, 0) is 31.9 Å². The maximum atomic E-state index is 11.8. The molecule has 0 aliphatic carbocycles. The Hall–Kier alpha value is -1.55. The topological polar surface area (TPSA) is 47.6 Å². The SMILES string of the molecule is CC(Oc1ccccc1)C(=O)NCC1CCCO1. The second-order valence-electron chi connectivity index (χ2n) is 4.45. The van der Waals surface area contributed by atoms with Crippen molar-refractivity contribution in [3.05, 3.63) is 30.3 Å². The molecular weight excluding hydrogens is 230 g/mol. The minimum Gasteiger partial charge on any atom is -0.481 e. The van der Waals surface area contributed by atoms with Crippen molar-refractivity contribution >= 4 is 5.91 Å². The summed E-state index contributed by atoms with van der Waals surface area (Å²) in [5.41, 5.74) is 0. The van der Waals surface area contributed by atoms with E-state index >= 15 is 0 Å². The lowest BCUT2D eigenvalue weighted by Gasteiger charge is -2.16. The van der Waals surface area contributed by atoms with Crippen LogP contribution in [0, 0.1) is 0 Å². The number of carbonyl (C=O) groups is 1. The third-order valence-electron chi connectivity index (χ3n) is 2.95. The molecule has 0 saturated carbocycles. The zero-order chi connectivity index (χ0) is 12.8. The van der Waals surface area contributed by atoms with Gasteiger partial charge in [-0.15, -0.1) is 0 Å². The third kappa shape index (κ3) is 3.74. The van der Waals surface area contributed by atoms with Gasteiger partial charge in [-0.1, -0.05) is 18.2 Å². The fraction of sp³-hybridized carbons (Fsp3) is 0.500. The highest BCUT2D eigenvalue weighted by atomic mass is 16.5. The number of benzene rings is 1. The molecule has 98 valence electrons. The van der Waals surface area contributed by atoms with E-state index in [-0.39, 0.29) is 12.0 Å². The largest absolute Gasteiger partial charge is 0.481 e. The molecule has 2 atom stereocenters. The van der Waals surface area contributed by atoms with Crippen LogP contribution in [0.2, 0.25) is 0 Å². The molecule has 2 rings (SSSR count). The maximum Gasteiger partial charge on any atom is 0.260 e. The molecule has 2 unspecified atom stereocenters. The number of para-hydroxylation sites is 1. The second-order valence-corrected chi connectivity index (χ2v) is 4.45. The van der Waals surface area contributed by atoms with Crippen LogP contribution in [0.1, 0.15) is 19.8 Å². The van der Waals surface area contributed by atoms with Crippen molar-refractivity contribution in [1.82, 2.24) is 5.32 Å². The van der Waals surface area contributed by atoms with Gasteiger partial charge in [-0.3, -0.25) is 4.79 Å². The molecule has 1 aromatic carbocycles. The van der Waals surface area contributed by atoms with Gasteiger partial charge in [0.25, 0.3) is 5.91 Å². The van der Waals surface area contributed by atoms with E-state index in [4.69, 9.17) is 9.47 Å². The van der Waals surface area contributed by atoms with Crippen LogP contribution in [-0.2, 0) is 9.53 Å². The number of ether oxygens (including phenoxy) is 2. The monoisotopic (exact) mass is 249 g/mol. The second kappa shape index (κ2) is 6.40. The predicted molar refractivity (Wildman–Crippen MR) is 68.5 cm³/mol. The Morgan fingerprint density at radius 3 is 2.94 bits per heavy atom. The molecule has 1 amide bonds. The van der Waals surface area contributed by atoms with Crippen LogP contribution in [0.25, 0.3) is 0 Å². The molecule has 1 aromatic rings. The van der Waals surface area contributed by atoms with Gasteiger partial charge >= 0.3 is 0 Å². The van der Waals surface area contributed by atoms with E-state index in [1.807, 2.05) is 30.3 Å². The minimum absolute atomic E-state index is 0.102. The Balaban J connectivity index is 1.74. The van der Waals surface area contributed by atoms with Gasteiger partial charge in [0.1, 0.15) is 5.75 Å². The standard InChI is InChI=1S/C14H19NO3/c1-11(18-12-6-3-2-4-7-12)14(16)15-10-13-8-5-9-17-13/h2-4,6-7,11,13H,5,8-10H2,1H3,(H,15,16). The van der Waals surface area contributed by atoms with Crippen molar-refractivity contribution in [2.45, 2.75) is 32.0 Å². The Labute approximate surface area is 107 Å². The summed E-state index contributed by atoms with van der Waals surface area (Å²) in [5.74, 6) is 0.603. The van der Waals surface area contributed by atoms with E-state index in [9.17, 15) is 4.79 Å². The fourth-order valence-electron chi connectivity index (χ4n) is 1.92. The van der Waals surface area contributed by atoms with E-state index in [1.54, 1.807) is 6.92 Å². The minimum atomic E-state index is -0.492. The summed E-state index contributed by atoms with van der Waals surface area (Å²) in [6, 6.07) is 9.35. The molecule has 4 nitrogen and oxygen atoms in total. The molecule has 0 spiro atoms.